The van der Waals surface area contributed by atoms with Crippen LogP contribution in [0.1, 0.15) is 20.8 Å². The molecule has 0 saturated carbocycles. The van der Waals surface area contributed by atoms with Gasteiger partial charge in [0.05, 0.1) is 11.5 Å². The standard InChI is InChI=1S/C13H22O4Si/c1-13(2,3)12(15)16-10-8-7-9-11(14)17-18(4,5)6/h8-9H,10H2,1-6H3. The van der Waals surface area contributed by atoms with Gasteiger partial charge in [-0.15, -0.1) is 5.73 Å². The van der Waals surface area contributed by atoms with Crippen LogP contribution in [0.4, 0.5) is 0 Å². The molecule has 0 rings (SSSR count). The Morgan fingerprint density at radius 3 is 2.22 bits per heavy atom. The lowest BCUT2D eigenvalue weighted by Gasteiger charge is -2.15. The lowest BCUT2D eigenvalue weighted by Crippen LogP contribution is -2.28. The first-order valence-corrected chi connectivity index (χ1v) is 9.24. The lowest BCUT2D eigenvalue weighted by molar-refractivity contribution is -0.151. The summed E-state index contributed by atoms with van der Waals surface area (Å²) in [5.41, 5.74) is 2.12. The van der Waals surface area contributed by atoms with Crippen LogP contribution < -0.4 is 0 Å². The Kier molecular flexibility index (Phi) is 6.08. The molecule has 0 spiro atoms. The molecule has 0 aromatic heterocycles. The summed E-state index contributed by atoms with van der Waals surface area (Å²) < 4.78 is 10.1. The Hall–Kier alpha value is -1.32. The second kappa shape index (κ2) is 6.57. The van der Waals surface area contributed by atoms with E-state index < -0.39 is 19.7 Å². The van der Waals surface area contributed by atoms with E-state index >= 15 is 0 Å². The third-order valence-electron chi connectivity index (χ3n) is 1.64. The molecule has 0 aromatic carbocycles. The zero-order valence-corrected chi connectivity index (χ0v) is 13.0. The van der Waals surface area contributed by atoms with Crippen LogP contribution in [0.15, 0.2) is 17.9 Å². The maximum Gasteiger partial charge on any atom is 0.325 e. The Bertz CT molecular complexity index is 365. The summed E-state index contributed by atoms with van der Waals surface area (Å²) in [4.78, 5) is 22.7. The van der Waals surface area contributed by atoms with Gasteiger partial charge in [-0.05, 0) is 46.5 Å². The Balaban J connectivity index is 4.11. The van der Waals surface area contributed by atoms with Crippen LogP contribution in [0.3, 0.4) is 0 Å². The summed E-state index contributed by atoms with van der Waals surface area (Å²) in [6.07, 6.45) is 2.69. The minimum Gasteiger partial charge on any atom is -0.516 e. The maximum absolute atomic E-state index is 11.4. The van der Waals surface area contributed by atoms with Crippen molar-refractivity contribution in [3.8, 4) is 0 Å². The van der Waals surface area contributed by atoms with E-state index in [1.807, 2.05) is 19.6 Å². The van der Waals surface area contributed by atoms with E-state index in [2.05, 4.69) is 5.73 Å². The first-order valence-electron chi connectivity index (χ1n) is 5.83. The highest BCUT2D eigenvalue weighted by Crippen LogP contribution is 2.14. The highest BCUT2D eigenvalue weighted by atomic mass is 28.4. The minimum atomic E-state index is -1.85. The number of carbonyl (C=O) groups excluding carboxylic acids is 2. The summed E-state index contributed by atoms with van der Waals surface area (Å²) in [5, 5.41) is 0. The van der Waals surface area contributed by atoms with Crippen LogP contribution >= 0.6 is 0 Å². The van der Waals surface area contributed by atoms with E-state index in [0.717, 1.165) is 0 Å². The van der Waals surface area contributed by atoms with Gasteiger partial charge in [-0.1, -0.05) is 0 Å². The smallest absolute Gasteiger partial charge is 0.325 e. The monoisotopic (exact) mass is 270 g/mol. The van der Waals surface area contributed by atoms with Gasteiger partial charge in [-0.3, -0.25) is 4.79 Å². The molecule has 4 nitrogen and oxygen atoms in total. The molecule has 0 amide bonds. The van der Waals surface area contributed by atoms with E-state index in [9.17, 15) is 9.59 Å². The quantitative estimate of drug-likeness (QED) is 0.341. The van der Waals surface area contributed by atoms with E-state index in [0.29, 0.717) is 0 Å². The van der Waals surface area contributed by atoms with Gasteiger partial charge in [0.1, 0.15) is 6.61 Å². The average molecular weight is 270 g/mol. The van der Waals surface area contributed by atoms with E-state index in [1.54, 1.807) is 20.8 Å². The van der Waals surface area contributed by atoms with Crippen molar-refractivity contribution in [3.05, 3.63) is 17.9 Å². The average Bonchev–Trinajstić information content (AvgIpc) is 2.12. The minimum absolute atomic E-state index is 0.104. The third kappa shape index (κ3) is 8.79. The van der Waals surface area contributed by atoms with Crippen LogP contribution in [0.5, 0.6) is 0 Å². The molecule has 18 heavy (non-hydrogen) atoms. The molecule has 0 unspecified atom stereocenters. The van der Waals surface area contributed by atoms with Gasteiger partial charge in [0.15, 0.2) is 0 Å². The molecule has 0 bridgehead atoms. The van der Waals surface area contributed by atoms with Crippen LogP contribution in [0.25, 0.3) is 0 Å². The molecular formula is C13H22O4Si. The van der Waals surface area contributed by atoms with Crippen LogP contribution in [0.2, 0.25) is 19.6 Å². The molecule has 102 valence electrons. The van der Waals surface area contributed by atoms with Gasteiger partial charge in [-0.2, -0.15) is 0 Å². The topological polar surface area (TPSA) is 52.6 Å². The first-order chi connectivity index (χ1) is 8.02. The van der Waals surface area contributed by atoms with Gasteiger partial charge in [0.2, 0.25) is 8.32 Å². The number of carbonyl (C=O) groups is 2. The molecule has 0 N–H and O–H groups in total. The van der Waals surface area contributed by atoms with Crippen molar-refractivity contribution >= 4 is 20.3 Å². The fourth-order valence-corrected chi connectivity index (χ4v) is 1.50. The highest BCUT2D eigenvalue weighted by Gasteiger charge is 2.22. The van der Waals surface area contributed by atoms with Gasteiger partial charge < -0.3 is 9.16 Å². The maximum atomic E-state index is 11.4. The summed E-state index contributed by atoms with van der Waals surface area (Å²) in [5.74, 6) is -0.696. The Labute approximate surface area is 110 Å². The van der Waals surface area contributed by atoms with Gasteiger partial charge in [-0.25, -0.2) is 4.79 Å². The number of hydrogen-bond donors (Lipinski definition) is 0. The van der Waals surface area contributed by atoms with Crippen molar-refractivity contribution in [1.82, 2.24) is 0 Å². The summed E-state index contributed by atoms with van der Waals surface area (Å²) >= 11 is 0. The van der Waals surface area contributed by atoms with Crippen molar-refractivity contribution < 1.29 is 18.8 Å². The van der Waals surface area contributed by atoms with E-state index in [1.165, 1.54) is 12.2 Å². The Morgan fingerprint density at radius 2 is 1.78 bits per heavy atom. The third-order valence-corrected chi connectivity index (χ3v) is 2.45. The first kappa shape index (κ1) is 16.7. The van der Waals surface area contributed by atoms with Crippen molar-refractivity contribution in [2.45, 2.75) is 40.4 Å². The number of esters is 1. The SMILES string of the molecule is CC(C)(C)C(=O)OCC=C=CC(=O)O[Si](C)(C)C. The number of rotatable bonds is 4. The van der Waals surface area contributed by atoms with Crippen LogP contribution in [-0.4, -0.2) is 26.9 Å². The molecule has 0 heterocycles. The van der Waals surface area contributed by atoms with Crippen LogP contribution in [0, 0.1) is 5.41 Å². The molecular weight excluding hydrogens is 248 g/mol. The zero-order chi connectivity index (χ0) is 14.4. The van der Waals surface area contributed by atoms with Gasteiger partial charge in [0, 0.05) is 0 Å². The van der Waals surface area contributed by atoms with Crippen molar-refractivity contribution in [2.75, 3.05) is 6.61 Å². The molecule has 0 atom stereocenters. The second-order valence-corrected chi connectivity index (χ2v) is 10.3. The fourth-order valence-electron chi connectivity index (χ4n) is 0.840. The van der Waals surface area contributed by atoms with Crippen molar-refractivity contribution in [3.63, 3.8) is 0 Å². The summed E-state index contributed by atoms with van der Waals surface area (Å²) in [7, 11) is -1.85. The summed E-state index contributed by atoms with van der Waals surface area (Å²) in [6.45, 7) is 11.2. The number of ether oxygens (including phenoxy) is 1. The molecule has 0 radical (unpaired) electrons. The molecule has 0 fully saturated rings. The normalized spacial score (nSPS) is 11.2. The van der Waals surface area contributed by atoms with Gasteiger partial charge >= 0.3 is 11.9 Å². The largest absolute Gasteiger partial charge is 0.516 e. The molecule has 0 aromatic rings. The molecule has 0 aliphatic heterocycles. The predicted octanol–water partition coefficient (Wildman–Crippen LogP) is 2.67. The van der Waals surface area contributed by atoms with Crippen molar-refractivity contribution in [1.29, 1.82) is 0 Å². The van der Waals surface area contributed by atoms with Gasteiger partial charge in [0.25, 0.3) is 0 Å². The molecule has 5 heteroatoms. The molecule has 0 aliphatic carbocycles. The van der Waals surface area contributed by atoms with Crippen LogP contribution in [-0.2, 0) is 18.8 Å². The highest BCUT2D eigenvalue weighted by molar-refractivity contribution is 6.71. The van der Waals surface area contributed by atoms with E-state index in [4.69, 9.17) is 9.16 Å². The molecule has 0 aliphatic rings. The molecule has 0 saturated heterocycles. The fraction of sp³-hybridized carbons (Fsp3) is 0.615. The Morgan fingerprint density at radius 1 is 1.22 bits per heavy atom. The zero-order valence-electron chi connectivity index (χ0n) is 12.0. The van der Waals surface area contributed by atoms with E-state index in [-0.39, 0.29) is 12.6 Å². The second-order valence-electron chi connectivity index (χ2n) is 5.90. The predicted molar refractivity (Wildman–Crippen MR) is 72.5 cm³/mol. The van der Waals surface area contributed by atoms with Crippen molar-refractivity contribution in [2.24, 2.45) is 5.41 Å². The summed E-state index contributed by atoms with van der Waals surface area (Å²) in [6, 6.07) is 0. The number of hydrogen-bond acceptors (Lipinski definition) is 4. The lowest BCUT2D eigenvalue weighted by atomic mass is 9.97.